The van der Waals surface area contributed by atoms with E-state index in [0.717, 1.165) is 0 Å². The van der Waals surface area contributed by atoms with Crippen molar-refractivity contribution in [2.75, 3.05) is 13.1 Å². The molecule has 0 amide bonds. The largest absolute Gasteiger partial charge is 0.393 e. The van der Waals surface area contributed by atoms with Gasteiger partial charge in [0.25, 0.3) is 0 Å². The second-order valence-electron chi connectivity index (χ2n) is 5.07. The van der Waals surface area contributed by atoms with Gasteiger partial charge in [-0.25, -0.2) is 12.8 Å². The van der Waals surface area contributed by atoms with Crippen LogP contribution in [0, 0.1) is 11.7 Å². The van der Waals surface area contributed by atoms with E-state index in [1.165, 1.54) is 22.5 Å². The van der Waals surface area contributed by atoms with Crippen LogP contribution in [0.4, 0.5) is 4.39 Å². The maximum atomic E-state index is 13.7. The molecule has 20 heavy (non-hydrogen) atoms. The molecule has 1 saturated heterocycles. The van der Waals surface area contributed by atoms with Gasteiger partial charge in [0.05, 0.1) is 11.0 Å². The fraction of sp³-hybridized carbons (Fsp3) is 0.538. The molecule has 0 spiro atoms. The summed E-state index contributed by atoms with van der Waals surface area (Å²) in [5.41, 5.74) is 5.47. The Hall–Kier alpha value is -1.02. The van der Waals surface area contributed by atoms with Gasteiger partial charge in [-0.1, -0.05) is 6.07 Å². The zero-order valence-electron chi connectivity index (χ0n) is 11.3. The average molecular weight is 302 g/mol. The normalized spacial score (nSPS) is 22.1. The highest BCUT2D eigenvalue weighted by Gasteiger charge is 2.35. The molecule has 0 saturated carbocycles. The van der Waals surface area contributed by atoms with E-state index in [9.17, 15) is 17.9 Å². The van der Waals surface area contributed by atoms with Gasteiger partial charge in [0, 0.05) is 25.2 Å². The number of nitrogens with two attached hydrogens (primary N) is 1. The highest BCUT2D eigenvalue weighted by atomic mass is 32.2. The standard InChI is InChI=1S/C13H19FN2O3S/c1-9(17)10-5-6-16(8-10)20(18,19)13-4-2-3-12(14)11(13)7-15/h2-4,9-10,17H,5-8,15H2,1H3. The number of halogens is 1. The fourth-order valence-corrected chi connectivity index (χ4v) is 4.24. The second-order valence-corrected chi connectivity index (χ2v) is 6.98. The van der Waals surface area contributed by atoms with Crippen molar-refractivity contribution >= 4 is 10.0 Å². The van der Waals surface area contributed by atoms with Gasteiger partial charge in [0.1, 0.15) is 5.82 Å². The monoisotopic (exact) mass is 302 g/mol. The summed E-state index contributed by atoms with van der Waals surface area (Å²) in [5.74, 6) is -0.695. The molecule has 2 rings (SSSR count). The summed E-state index contributed by atoms with van der Waals surface area (Å²) in [7, 11) is -3.77. The predicted octanol–water partition coefficient (Wildman–Crippen LogP) is 0.676. The molecule has 1 aliphatic heterocycles. The van der Waals surface area contributed by atoms with Crippen molar-refractivity contribution in [2.24, 2.45) is 11.7 Å². The van der Waals surface area contributed by atoms with Crippen molar-refractivity contribution in [3.8, 4) is 0 Å². The first-order valence-electron chi connectivity index (χ1n) is 6.53. The molecule has 3 N–H and O–H groups in total. The van der Waals surface area contributed by atoms with Crippen LogP contribution >= 0.6 is 0 Å². The molecule has 112 valence electrons. The lowest BCUT2D eigenvalue weighted by Gasteiger charge is -2.19. The van der Waals surface area contributed by atoms with Crippen molar-refractivity contribution in [3.63, 3.8) is 0 Å². The van der Waals surface area contributed by atoms with Gasteiger partial charge in [0.2, 0.25) is 10.0 Å². The van der Waals surface area contributed by atoms with Gasteiger partial charge in [0.15, 0.2) is 0 Å². The summed E-state index contributed by atoms with van der Waals surface area (Å²) < 4.78 is 40.1. The van der Waals surface area contributed by atoms with Crippen molar-refractivity contribution in [2.45, 2.75) is 30.9 Å². The molecule has 2 atom stereocenters. The first-order chi connectivity index (χ1) is 9.37. The van der Waals surface area contributed by atoms with Gasteiger partial charge < -0.3 is 10.8 Å². The molecule has 0 aliphatic carbocycles. The zero-order chi connectivity index (χ0) is 14.9. The smallest absolute Gasteiger partial charge is 0.243 e. The van der Waals surface area contributed by atoms with E-state index in [1.807, 2.05) is 0 Å². The van der Waals surface area contributed by atoms with E-state index < -0.39 is 21.9 Å². The highest BCUT2D eigenvalue weighted by molar-refractivity contribution is 7.89. The summed E-state index contributed by atoms with van der Waals surface area (Å²) in [6, 6.07) is 3.93. The maximum absolute atomic E-state index is 13.7. The molecule has 0 aromatic heterocycles. The molecule has 1 fully saturated rings. The Labute approximate surface area is 118 Å². The van der Waals surface area contributed by atoms with Gasteiger partial charge >= 0.3 is 0 Å². The average Bonchev–Trinajstić information content (AvgIpc) is 2.88. The van der Waals surface area contributed by atoms with Crippen molar-refractivity contribution in [3.05, 3.63) is 29.6 Å². The number of rotatable bonds is 4. The van der Waals surface area contributed by atoms with Gasteiger partial charge in [-0.2, -0.15) is 4.31 Å². The molecule has 2 unspecified atom stereocenters. The van der Waals surface area contributed by atoms with Crippen molar-refractivity contribution in [1.82, 2.24) is 4.31 Å². The third-order valence-corrected chi connectivity index (χ3v) is 5.72. The van der Waals surface area contributed by atoms with E-state index in [4.69, 9.17) is 5.73 Å². The molecule has 1 aromatic rings. The highest BCUT2D eigenvalue weighted by Crippen LogP contribution is 2.28. The van der Waals surface area contributed by atoms with Crippen LogP contribution in [-0.4, -0.2) is 37.0 Å². The maximum Gasteiger partial charge on any atom is 0.243 e. The van der Waals surface area contributed by atoms with Crippen LogP contribution in [0.25, 0.3) is 0 Å². The van der Waals surface area contributed by atoms with Crippen molar-refractivity contribution < 1.29 is 17.9 Å². The number of nitrogens with zero attached hydrogens (tertiary/aromatic N) is 1. The minimum Gasteiger partial charge on any atom is -0.393 e. The molecule has 1 heterocycles. The van der Waals surface area contributed by atoms with E-state index in [1.54, 1.807) is 6.92 Å². The van der Waals surface area contributed by atoms with Crippen LogP contribution in [0.1, 0.15) is 18.9 Å². The van der Waals surface area contributed by atoms with Crippen LogP contribution in [0.5, 0.6) is 0 Å². The minimum atomic E-state index is -3.77. The first kappa shape index (κ1) is 15.4. The third-order valence-electron chi connectivity index (χ3n) is 3.77. The third kappa shape index (κ3) is 2.71. The van der Waals surface area contributed by atoms with E-state index in [2.05, 4.69) is 0 Å². The number of hydrogen-bond donors (Lipinski definition) is 2. The molecule has 5 nitrogen and oxygen atoms in total. The Balaban J connectivity index is 2.35. The Morgan fingerprint density at radius 3 is 2.80 bits per heavy atom. The fourth-order valence-electron chi connectivity index (χ4n) is 2.48. The quantitative estimate of drug-likeness (QED) is 0.856. The van der Waals surface area contributed by atoms with E-state index in [0.29, 0.717) is 13.0 Å². The van der Waals surface area contributed by atoms with Crippen LogP contribution in [0.15, 0.2) is 23.1 Å². The number of aliphatic hydroxyl groups is 1. The molecule has 1 aromatic carbocycles. The van der Waals surface area contributed by atoms with Crippen LogP contribution in [-0.2, 0) is 16.6 Å². The topological polar surface area (TPSA) is 83.6 Å². The molecule has 1 aliphatic rings. The molecule has 0 bridgehead atoms. The Kier molecular flexibility index (Phi) is 4.43. The first-order valence-corrected chi connectivity index (χ1v) is 7.97. The summed E-state index contributed by atoms with van der Waals surface area (Å²) in [6.07, 6.45) is 0.0427. The number of sulfonamides is 1. The number of benzene rings is 1. The van der Waals surface area contributed by atoms with Crippen LogP contribution in [0.2, 0.25) is 0 Å². The van der Waals surface area contributed by atoms with Crippen LogP contribution < -0.4 is 5.73 Å². The lowest BCUT2D eigenvalue weighted by Crippen LogP contribution is -2.31. The lowest BCUT2D eigenvalue weighted by atomic mass is 10.0. The summed E-state index contributed by atoms with van der Waals surface area (Å²) in [4.78, 5) is -0.0776. The Bertz CT molecular complexity index is 589. The summed E-state index contributed by atoms with van der Waals surface area (Å²) >= 11 is 0. The second kappa shape index (κ2) is 5.77. The predicted molar refractivity (Wildman–Crippen MR) is 72.8 cm³/mol. The zero-order valence-corrected chi connectivity index (χ0v) is 12.1. The molecular formula is C13H19FN2O3S. The molecular weight excluding hydrogens is 283 g/mol. The van der Waals surface area contributed by atoms with E-state index in [-0.39, 0.29) is 29.5 Å². The van der Waals surface area contributed by atoms with Gasteiger partial charge in [-0.3, -0.25) is 0 Å². The minimum absolute atomic E-state index is 0.00740. The SMILES string of the molecule is CC(O)C1CCN(S(=O)(=O)c2cccc(F)c2CN)C1. The number of aliphatic hydroxyl groups excluding tert-OH is 1. The Morgan fingerprint density at radius 1 is 1.55 bits per heavy atom. The summed E-state index contributed by atoms with van der Waals surface area (Å²) in [5, 5.41) is 9.55. The van der Waals surface area contributed by atoms with E-state index >= 15 is 0 Å². The Morgan fingerprint density at radius 2 is 2.25 bits per heavy atom. The van der Waals surface area contributed by atoms with Crippen LogP contribution in [0.3, 0.4) is 0 Å². The molecule has 0 radical (unpaired) electrons. The van der Waals surface area contributed by atoms with Gasteiger partial charge in [-0.05, 0) is 31.4 Å². The summed E-state index contributed by atoms with van der Waals surface area (Å²) in [6.45, 7) is 2.06. The van der Waals surface area contributed by atoms with Gasteiger partial charge in [-0.15, -0.1) is 0 Å². The number of hydrogen-bond acceptors (Lipinski definition) is 4. The lowest BCUT2D eigenvalue weighted by molar-refractivity contribution is 0.133. The van der Waals surface area contributed by atoms with Crippen molar-refractivity contribution in [1.29, 1.82) is 0 Å². The molecule has 7 heteroatoms.